The molecule has 4 aromatic rings. The van der Waals surface area contributed by atoms with Gasteiger partial charge in [-0.05, 0) is 41.5 Å². The summed E-state index contributed by atoms with van der Waals surface area (Å²) in [4.78, 5) is 8.44. The van der Waals surface area contributed by atoms with Crippen LogP contribution in [0.3, 0.4) is 0 Å². The number of aromatic nitrogens is 3. The number of hydrogen-bond donors (Lipinski definition) is 0. The molecular weight excluding hydrogens is 325 g/mol. The molecule has 0 unspecified atom stereocenters. The predicted octanol–water partition coefficient (Wildman–Crippen LogP) is 4.94. The molecule has 0 fully saturated rings. The van der Waals surface area contributed by atoms with Crippen LogP contribution in [-0.2, 0) is 6.54 Å². The van der Waals surface area contributed by atoms with E-state index in [1.807, 2.05) is 34.9 Å². The third-order valence-corrected chi connectivity index (χ3v) is 4.25. The highest BCUT2D eigenvalue weighted by atomic mass is 35.5. The Morgan fingerprint density at radius 3 is 2.83 bits per heavy atom. The summed E-state index contributed by atoms with van der Waals surface area (Å²) in [6.07, 6.45) is 5.12. The second kappa shape index (κ2) is 6.06. The second-order valence-corrected chi connectivity index (χ2v) is 5.97. The molecule has 0 bridgehead atoms. The van der Waals surface area contributed by atoms with Crippen molar-refractivity contribution in [3.05, 3.63) is 83.7 Å². The first kappa shape index (κ1) is 14.8. The monoisotopic (exact) mass is 337 g/mol. The van der Waals surface area contributed by atoms with Crippen LogP contribution in [0.4, 0.5) is 4.39 Å². The maximum atomic E-state index is 13.4. The second-order valence-electron chi connectivity index (χ2n) is 5.56. The van der Waals surface area contributed by atoms with Gasteiger partial charge in [0, 0.05) is 24.5 Å². The van der Waals surface area contributed by atoms with E-state index in [9.17, 15) is 4.39 Å². The molecule has 0 saturated heterocycles. The van der Waals surface area contributed by atoms with E-state index < -0.39 is 0 Å². The molecule has 0 aliphatic carbocycles. The molecule has 0 spiro atoms. The van der Waals surface area contributed by atoms with Crippen molar-refractivity contribution in [2.75, 3.05) is 0 Å². The van der Waals surface area contributed by atoms with E-state index >= 15 is 0 Å². The van der Waals surface area contributed by atoms with Gasteiger partial charge in [0.05, 0.1) is 22.4 Å². The van der Waals surface area contributed by atoms with E-state index in [0.717, 1.165) is 27.7 Å². The number of benzene rings is 2. The molecular formula is C19H13ClFN3. The highest BCUT2D eigenvalue weighted by Crippen LogP contribution is 2.29. The van der Waals surface area contributed by atoms with Crippen molar-refractivity contribution in [1.29, 1.82) is 0 Å². The molecule has 0 aliphatic rings. The largest absolute Gasteiger partial charge is 0.326 e. The Labute approximate surface area is 143 Å². The average Bonchev–Trinajstić information content (AvgIpc) is 2.98. The van der Waals surface area contributed by atoms with Crippen LogP contribution < -0.4 is 0 Å². The van der Waals surface area contributed by atoms with Gasteiger partial charge in [-0.3, -0.25) is 4.98 Å². The summed E-state index contributed by atoms with van der Waals surface area (Å²) in [6, 6.07) is 14.5. The number of halogens is 2. The van der Waals surface area contributed by atoms with Gasteiger partial charge in [0.15, 0.2) is 0 Å². The fraction of sp³-hybridized carbons (Fsp3) is 0.0526. The number of fused-ring (bicyclic) bond motifs is 1. The molecule has 0 radical (unpaired) electrons. The fourth-order valence-electron chi connectivity index (χ4n) is 2.79. The number of pyridine rings is 1. The Morgan fingerprint density at radius 2 is 2.00 bits per heavy atom. The number of rotatable bonds is 3. The first-order valence-corrected chi connectivity index (χ1v) is 7.88. The molecule has 4 rings (SSSR count). The molecule has 2 aromatic carbocycles. The van der Waals surface area contributed by atoms with Crippen molar-refractivity contribution in [1.82, 2.24) is 14.5 Å². The predicted molar refractivity (Wildman–Crippen MR) is 93.5 cm³/mol. The first-order valence-electron chi connectivity index (χ1n) is 7.50. The summed E-state index contributed by atoms with van der Waals surface area (Å²) >= 11 is 6.24. The van der Waals surface area contributed by atoms with E-state index in [1.165, 1.54) is 12.1 Å². The molecule has 24 heavy (non-hydrogen) atoms. The Kier molecular flexibility index (Phi) is 3.75. The van der Waals surface area contributed by atoms with E-state index in [0.29, 0.717) is 11.6 Å². The molecule has 2 aromatic heterocycles. The maximum Gasteiger partial charge on any atom is 0.123 e. The lowest BCUT2D eigenvalue weighted by atomic mass is 10.1. The van der Waals surface area contributed by atoms with Crippen LogP contribution in [0.5, 0.6) is 0 Å². The van der Waals surface area contributed by atoms with Gasteiger partial charge in [-0.1, -0.05) is 29.8 Å². The Morgan fingerprint density at radius 1 is 1.08 bits per heavy atom. The van der Waals surface area contributed by atoms with Gasteiger partial charge < -0.3 is 4.57 Å². The van der Waals surface area contributed by atoms with E-state index in [2.05, 4.69) is 9.97 Å². The number of hydrogen-bond acceptors (Lipinski definition) is 2. The van der Waals surface area contributed by atoms with Gasteiger partial charge in [-0.25, -0.2) is 9.37 Å². The van der Waals surface area contributed by atoms with Crippen LogP contribution in [0, 0.1) is 5.82 Å². The van der Waals surface area contributed by atoms with Crippen molar-refractivity contribution >= 4 is 22.6 Å². The SMILES string of the molecule is Fc1cccc(Cn2cnc3ccc(-c4ccncc4Cl)cc32)c1. The fourth-order valence-corrected chi connectivity index (χ4v) is 3.02. The maximum absolute atomic E-state index is 13.4. The minimum atomic E-state index is -0.235. The first-order chi connectivity index (χ1) is 11.7. The summed E-state index contributed by atoms with van der Waals surface area (Å²) in [5.41, 5.74) is 4.68. The van der Waals surface area contributed by atoms with E-state index in [-0.39, 0.29) is 5.82 Å². The number of nitrogens with zero attached hydrogens (tertiary/aromatic N) is 3. The van der Waals surface area contributed by atoms with Crippen molar-refractivity contribution in [3.8, 4) is 11.1 Å². The van der Waals surface area contributed by atoms with Crippen LogP contribution in [0.1, 0.15) is 5.56 Å². The molecule has 2 heterocycles. The lowest BCUT2D eigenvalue weighted by Crippen LogP contribution is -1.98. The Bertz CT molecular complexity index is 1030. The molecule has 5 heteroatoms. The standard InChI is InChI=1S/C19H13ClFN3/c20-17-10-22-7-6-16(17)14-4-5-18-19(9-14)24(12-23-18)11-13-2-1-3-15(21)8-13/h1-10,12H,11H2. The lowest BCUT2D eigenvalue weighted by molar-refractivity contribution is 0.624. The van der Waals surface area contributed by atoms with Gasteiger partial charge in [0.2, 0.25) is 0 Å². The summed E-state index contributed by atoms with van der Waals surface area (Å²) in [7, 11) is 0. The zero-order chi connectivity index (χ0) is 16.5. The third kappa shape index (κ3) is 2.76. The van der Waals surface area contributed by atoms with E-state index in [4.69, 9.17) is 11.6 Å². The minimum absolute atomic E-state index is 0.235. The van der Waals surface area contributed by atoms with Crippen LogP contribution in [0.15, 0.2) is 67.3 Å². The van der Waals surface area contributed by atoms with Gasteiger partial charge in [0.1, 0.15) is 5.82 Å². The Hall–Kier alpha value is -2.72. The quantitative estimate of drug-likeness (QED) is 0.530. The average molecular weight is 338 g/mol. The van der Waals surface area contributed by atoms with Gasteiger partial charge in [0.25, 0.3) is 0 Å². The van der Waals surface area contributed by atoms with Gasteiger partial charge in [-0.15, -0.1) is 0 Å². The molecule has 0 amide bonds. The van der Waals surface area contributed by atoms with Crippen molar-refractivity contribution in [2.45, 2.75) is 6.54 Å². The Balaban J connectivity index is 1.78. The van der Waals surface area contributed by atoms with Crippen LogP contribution >= 0.6 is 11.6 Å². The van der Waals surface area contributed by atoms with E-state index in [1.54, 1.807) is 24.8 Å². The summed E-state index contributed by atoms with van der Waals surface area (Å²) in [5.74, 6) is -0.235. The summed E-state index contributed by atoms with van der Waals surface area (Å²) < 4.78 is 15.4. The minimum Gasteiger partial charge on any atom is -0.326 e. The van der Waals surface area contributed by atoms with Gasteiger partial charge >= 0.3 is 0 Å². The van der Waals surface area contributed by atoms with Crippen molar-refractivity contribution in [3.63, 3.8) is 0 Å². The highest BCUT2D eigenvalue weighted by molar-refractivity contribution is 6.33. The third-order valence-electron chi connectivity index (χ3n) is 3.95. The molecule has 0 N–H and O–H groups in total. The van der Waals surface area contributed by atoms with Crippen molar-refractivity contribution in [2.24, 2.45) is 0 Å². The molecule has 118 valence electrons. The normalized spacial score (nSPS) is 11.1. The highest BCUT2D eigenvalue weighted by Gasteiger charge is 2.08. The zero-order valence-corrected chi connectivity index (χ0v) is 13.4. The smallest absolute Gasteiger partial charge is 0.123 e. The molecule has 0 saturated carbocycles. The molecule has 0 atom stereocenters. The van der Waals surface area contributed by atoms with Crippen LogP contribution in [-0.4, -0.2) is 14.5 Å². The van der Waals surface area contributed by atoms with Crippen LogP contribution in [0.2, 0.25) is 5.02 Å². The van der Waals surface area contributed by atoms with Gasteiger partial charge in [-0.2, -0.15) is 0 Å². The zero-order valence-electron chi connectivity index (χ0n) is 12.7. The van der Waals surface area contributed by atoms with Crippen molar-refractivity contribution < 1.29 is 4.39 Å². The summed E-state index contributed by atoms with van der Waals surface area (Å²) in [5, 5.41) is 0.605. The molecule has 3 nitrogen and oxygen atoms in total. The lowest BCUT2D eigenvalue weighted by Gasteiger charge is -2.07. The molecule has 0 aliphatic heterocycles. The number of imidazole rings is 1. The summed E-state index contributed by atoms with van der Waals surface area (Å²) in [6.45, 7) is 0.557. The topological polar surface area (TPSA) is 30.7 Å². The van der Waals surface area contributed by atoms with Crippen LogP contribution in [0.25, 0.3) is 22.2 Å².